The molecule has 2 rings (SSSR count). The molecule has 0 spiro atoms. The second kappa shape index (κ2) is 6.98. The molecule has 1 aliphatic rings. The van der Waals surface area contributed by atoms with Crippen LogP contribution >= 0.6 is 11.8 Å². The van der Waals surface area contributed by atoms with E-state index in [0.29, 0.717) is 19.0 Å². The van der Waals surface area contributed by atoms with E-state index in [1.54, 1.807) is 16.7 Å². The lowest BCUT2D eigenvalue weighted by Gasteiger charge is -2.26. The Balaban J connectivity index is 2.03. The second-order valence-corrected chi connectivity index (χ2v) is 6.98. The normalized spacial score (nSPS) is 16.8. The van der Waals surface area contributed by atoms with Crippen LogP contribution in [0.1, 0.15) is 25.8 Å². The number of fused-ring (bicyclic) bond motifs is 1. The third-order valence-electron chi connectivity index (χ3n) is 3.42. The Morgan fingerprint density at radius 3 is 2.71 bits per heavy atom. The van der Waals surface area contributed by atoms with Gasteiger partial charge in [0.15, 0.2) is 0 Å². The first-order valence-corrected chi connectivity index (χ1v) is 8.10. The average Bonchev–Trinajstić information content (AvgIpc) is 2.86. The molecular weight excluding hydrogens is 286 g/mol. The van der Waals surface area contributed by atoms with Crippen molar-refractivity contribution in [3.8, 4) is 0 Å². The molecule has 0 saturated heterocycles. The summed E-state index contributed by atoms with van der Waals surface area (Å²) in [5.41, 5.74) is 1.21. The van der Waals surface area contributed by atoms with Gasteiger partial charge in [0.05, 0.1) is 11.7 Å². The lowest BCUT2D eigenvalue weighted by atomic mass is 10.1. The molecule has 0 aromatic heterocycles. The van der Waals surface area contributed by atoms with Crippen molar-refractivity contribution in [2.45, 2.75) is 36.8 Å². The topological polar surface area (TPSA) is 57.6 Å². The number of carboxylic acids is 1. The number of carbonyl (C=O) groups is 2. The molecule has 21 heavy (non-hydrogen) atoms. The number of rotatable bonds is 6. The van der Waals surface area contributed by atoms with Crippen molar-refractivity contribution in [1.29, 1.82) is 0 Å². The number of thioether (sulfide) groups is 1. The maximum atomic E-state index is 12.7. The first-order valence-electron chi connectivity index (χ1n) is 7.22. The Morgan fingerprint density at radius 2 is 2.10 bits per heavy atom. The lowest BCUT2D eigenvalue weighted by Crippen LogP contribution is -2.41. The van der Waals surface area contributed by atoms with E-state index in [0.717, 1.165) is 6.42 Å². The fourth-order valence-electron chi connectivity index (χ4n) is 2.49. The first kappa shape index (κ1) is 15.9. The van der Waals surface area contributed by atoms with Crippen LogP contribution in [-0.4, -0.2) is 40.2 Å². The van der Waals surface area contributed by atoms with Gasteiger partial charge in [-0.15, -0.1) is 11.8 Å². The smallest absolute Gasteiger partial charge is 0.305 e. The number of hydrogen-bond acceptors (Lipinski definition) is 3. The van der Waals surface area contributed by atoms with Crippen molar-refractivity contribution >= 4 is 23.6 Å². The van der Waals surface area contributed by atoms with Gasteiger partial charge < -0.3 is 10.0 Å². The van der Waals surface area contributed by atoms with Crippen LogP contribution in [0.4, 0.5) is 0 Å². The van der Waals surface area contributed by atoms with Crippen molar-refractivity contribution in [2.75, 3.05) is 13.1 Å². The fraction of sp³-hybridized carbons (Fsp3) is 0.500. The molecule has 0 aliphatic carbocycles. The van der Waals surface area contributed by atoms with Crippen LogP contribution in [0.5, 0.6) is 0 Å². The average molecular weight is 307 g/mol. The van der Waals surface area contributed by atoms with Crippen molar-refractivity contribution < 1.29 is 14.7 Å². The number of carbonyl (C=O) groups excluding carboxylic acids is 1. The number of aliphatic carboxylic acids is 1. The summed E-state index contributed by atoms with van der Waals surface area (Å²) >= 11 is 1.60. The molecule has 5 heteroatoms. The highest BCUT2D eigenvalue weighted by Crippen LogP contribution is 2.37. The SMILES string of the molecule is CC(C)CN(CCC(=O)O)C(=O)C1Cc2ccccc2S1. The molecule has 0 bridgehead atoms. The third-order valence-corrected chi connectivity index (χ3v) is 4.72. The molecule has 1 heterocycles. The minimum Gasteiger partial charge on any atom is -0.481 e. The summed E-state index contributed by atoms with van der Waals surface area (Å²) in [7, 11) is 0. The first-order chi connectivity index (χ1) is 9.97. The lowest BCUT2D eigenvalue weighted by molar-refractivity contribution is -0.138. The van der Waals surface area contributed by atoms with Gasteiger partial charge >= 0.3 is 5.97 Å². The summed E-state index contributed by atoms with van der Waals surface area (Å²) < 4.78 is 0. The largest absolute Gasteiger partial charge is 0.481 e. The van der Waals surface area contributed by atoms with E-state index in [9.17, 15) is 9.59 Å². The predicted molar refractivity (Wildman–Crippen MR) is 83.5 cm³/mol. The molecular formula is C16H21NO3S. The highest BCUT2D eigenvalue weighted by molar-refractivity contribution is 8.01. The zero-order valence-electron chi connectivity index (χ0n) is 12.4. The van der Waals surface area contributed by atoms with Crippen LogP contribution in [0.15, 0.2) is 29.2 Å². The standard InChI is InChI=1S/C16H21NO3S/c1-11(2)10-17(8-7-15(18)19)16(20)14-9-12-5-3-4-6-13(12)21-14/h3-6,11,14H,7-10H2,1-2H3,(H,18,19). The molecule has 1 N–H and O–H groups in total. The molecule has 0 saturated carbocycles. The number of carboxylic acid groups (broad SMARTS) is 1. The van der Waals surface area contributed by atoms with Gasteiger partial charge in [-0.05, 0) is 24.0 Å². The van der Waals surface area contributed by atoms with E-state index in [2.05, 4.69) is 6.07 Å². The van der Waals surface area contributed by atoms with E-state index in [1.807, 2.05) is 32.0 Å². The number of amides is 1. The van der Waals surface area contributed by atoms with Gasteiger partial charge in [0, 0.05) is 18.0 Å². The summed E-state index contributed by atoms with van der Waals surface area (Å²) in [4.78, 5) is 26.3. The number of nitrogens with zero attached hydrogens (tertiary/aromatic N) is 1. The van der Waals surface area contributed by atoms with E-state index in [1.165, 1.54) is 10.5 Å². The Hall–Kier alpha value is -1.49. The summed E-state index contributed by atoms with van der Waals surface area (Å²) in [6.45, 7) is 4.98. The van der Waals surface area contributed by atoms with Crippen molar-refractivity contribution in [2.24, 2.45) is 5.92 Å². The van der Waals surface area contributed by atoms with E-state index in [-0.39, 0.29) is 17.6 Å². The van der Waals surface area contributed by atoms with Gasteiger partial charge in [-0.2, -0.15) is 0 Å². The number of benzene rings is 1. The molecule has 1 unspecified atom stereocenters. The third kappa shape index (κ3) is 4.24. The molecule has 1 atom stereocenters. The van der Waals surface area contributed by atoms with E-state index < -0.39 is 5.97 Å². The van der Waals surface area contributed by atoms with Gasteiger partial charge in [-0.1, -0.05) is 32.0 Å². The molecule has 0 fully saturated rings. The molecule has 4 nitrogen and oxygen atoms in total. The van der Waals surface area contributed by atoms with Crippen LogP contribution in [0.25, 0.3) is 0 Å². The highest BCUT2D eigenvalue weighted by Gasteiger charge is 2.31. The zero-order chi connectivity index (χ0) is 15.4. The van der Waals surface area contributed by atoms with Crippen LogP contribution in [0.3, 0.4) is 0 Å². The number of hydrogen-bond donors (Lipinski definition) is 1. The van der Waals surface area contributed by atoms with E-state index in [4.69, 9.17) is 5.11 Å². The maximum Gasteiger partial charge on any atom is 0.305 e. The van der Waals surface area contributed by atoms with Gasteiger partial charge in [-0.3, -0.25) is 9.59 Å². The predicted octanol–water partition coefficient (Wildman–Crippen LogP) is 2.66. The highest BCUT2D eigenvalue weighted by atomic mass is 32.2. The summed E-state index contributed by atoms with van der Waals surface area (Å²) in [6, 6.07) is 8.06. The zero-order valence-corrected chi connectivity index (χ0v) is 13.2. The summed E-state index contributed by atoms with van der Waals surface area (Å²) in [5, 5.41) is 8.73. The molecule has 114 valence electrons. The maximum absolute atomic E-state index is 12.7. The van der Waals surface area contributed by atoms with Crippen molar-refractivity contribution in [1.82, 2.24) is 4.90 Å². The Morgan fingerprint density at radius 1 is 1.38 bits per heavy atom. The van der Waals surface area contributed by atoms with Gasteiger partial charge in [0.2, 0.25) is 5.91 Å². The van der Waals surface area contributed by atoms with Gasteiger partial charge in [-0.25, -0.2) is 0 Å². The molecule has 1 amide bonds. The van der Waals surface area contributed by atoms with Gasteiger partial charge in [0.1, 0.15) is 0 Å². The van der Waals surface area contributed by atoms with Crippen molar-refractivity contribution in [3.05, 3.63) is 29.8 Å². The van der Waals surface area contributed by atoms with Crippen molar-refractivity contribution in [3.63, 3.8) is 0 Å². The molecule has 1 aliphatic heterocycles. The Labute approximate surface area is 129 Å². The van der Waals surface area contributed by atoms with E-state index >= 15 is 0 Å². The Bertz CT molecular complexity index is 505. The summed E-state index contributed by atoms with van der Waals surface area (Å²) in [5.74, 6) is -0.471. The molecule has 0 radical (unpaired) electrons. The minimum atomic E-state index is -0.862. The monoisotopic (exact) mass is 307 g/mol. The fourth-order valence-corrected chi connectivity index (χ4v) is 3.77. The molecule has 1 aromatic rings. The van der Waals surface area contributed by atoms with Crippen LogP contribution in [0.2, 0.25) is 0 Å². The van der Waals surface area contributed by atoms with Gasteiger partial charge in [0.25, 0.3) is 0 Å². The van der Waals surface area contributed by atoms with Crippen LogP contribution in [-0.2, 0) is 16.0 Å². The molecule has 1 aromatic carbocycles. The van der Waals surface area contributed by atoms with Crippen LogP contribution in [0, 0.1) is 5.92 Å². The second-order valence-electron chi connectivity index (χ2n) is 5.74. The Kier molecular flexibility index (Phi) is 5.28. The summed E-state index contributed by atoms with van der Waals surface area (Å²) in [6.07, 6.45) is 0.740. The minimum absolute atomic E-state index is 0.00277. The quantitative estimate of drug-likeness (QED) is 0.878. The van der Waals surface area contributed by atoms with Crippen LogP contribution < -0.4 is 0 Å².